The number of piperazine rings is 1. The van der Waals surface area contributed by atoms with Gasteiger partial charge in [-0.25, -0.2) is 4.98 Å². The highest BCUT2D eigenvalue weighted by atomic mass is 19.4. The zero-order valence-electron chi connectivity index (χ0n) is 19.9. The number of aromatic nitrogens is 2. The maximum Gasteiger partial charge on any atom is 0.410 e. The second-order valence-electron chi connectivity index (χ2n) is 9.46. The van der Waals surface area contributed by atoms with Crippen LogP contribution < -0.4 is 4.90 Å². The summed E-state index contributed by atoms with van der Waals surface area (Å²) in [6.45, 7) is -1.60. The number of nitriles is 1. The van der Waals surface area contributed by atoms with E-state index in [1.807, 2.05) is 30.3 Å². The number of alkyl halides is 6. The Bertz CT molecular complexity index is 1420. The summed E-state index contributed by atoms with van der Waals surface area (Å²) in [6, 6.07) is 8.65. The number of fused-ring (bicyclic) bond motifs is 1. The molecule has 12 heteroatoms. The molecule has 0 radical (unpaired) electrons. The predicted octanol–water partition coefficient (Wildman–Crippen LogP) is 5.58. The van der Waals surface area contributed by atoms with E-state index in [1.165, 1.54) is 4.90 Å². The van der Waals surface area contributed by atoms with E-state index in [9.17, 15) is 36.4 Å². The Balaban J connectivity index is 1.54. The van der Waals surface area contributed by atoms with Gasteiger partial charge in [0.2, 0.25) is 5.91 Å². The van der Waals surface area contributed by atoms with Crippen LogP contribution in [0.2, 0.25) is 0 Å². The molecule has 1 amide bonds. The van der Waals surface area contributed by atoms with Crippen molar-refractivity contribution in [2.24, 2.45) is 0 Å². The van der Waals surface area contributed by atoms with Gasteiger partial charge in [0.1, 0.15) is 24.3 Å². The number of hydrogen-bond donors (Lipinski definition) is 0. The lowest BCUT2D eigenvalue weighted by Crippen LogP contribution is -2.61. The van der Waals surface area contributed by atoms with Gasteiger partial charge in [-0.15, -0.1) is 0 Å². The molecule has 3 aromatic rings. The van der Waals surface area contributed by atoms with E-state index in [2.05, 4.69) is 4.98 Å². The summed E-state index contributed by atoms with van der Waals surface area (Å²) in [6.07, 6.45) is -6.84. The van der Waals surface area contributed by atoms with Gasteiger partial charge < -0.3 is 9.80 Å². The number of amides is 1. The van der Waals surface area contributed by atoms with Crippen molar-refractivity contribution in [1.29, 1.82) is 5.26 Å². The molecule has 0 bridgehead atoms. The SMILES string of the molecule is N#Cc1cc(-c2cccc3cnccc23)c(C2CC2)nc1N1CCN(C(=O)CC(F)(F)F)C(C(F)(F)F)C1. The van der Waals surface area contributed by atoms with Gasteiger partial charge in [0.05, 0.1) is 11.3 Å². The minimum atomic E-state index is -4.97. The third-order valence-electron chi connectivity index (χ3n) is 6.82. The van der Waals surface area contributed by atoms with Crippen molar-refractivity contribution < 1.29 is 31.1 Å². The lowest BCUT2D eigenvalue weighted by Gasteiger charge is -2.43. The first kappa shape index (κ1) is 25.8. The average molecular weight is 533 g/mol. The molecule has 1 saturated heterocycles. The first-order chi connectivity index (χ1) is 18.0. The fourth-order valence-corrected chi connectivity index (χ4v) is 4.91. The summed E-state index contributed by atoms with van der Waals surface area (Å²) < 4.78 is 80.0. The molecule has 1 aromatic carbocycles. The van der Waals surface area contributed by atoms with Crippen molar-refractivity contribution >= 4 is 22.5 Å². The molecule has 0 N–H and O–H groups in total. The molecule has 3 heterocycles. The Hall–Kier alpha value is -3.88. The summed E-state index contributed by atoms with van der Waals surface area (Å²) in [5.41, 5.74) is 2.22. The third-order valence-corrected chi connectivity index (χ3v) is 6.82. The Kier molecular flexibility index (Phi) is 6.41. The normalized spacial score (nSPS) is 18.5. The summed E-state index contributed by atoms with van der Waals surface area (Å²) in [5, 5.41) is 11.7. The van der Waals surface area contributed by atoms with E-state index < -0.39 is 43.8 Å². The summed E-state index contributed by atoms with van der Waals surface area (Å²) >= 11 is 0. The van der Waals surface area contributed by atoms with Crippen molar-refractivity contribution in [3.05, 3.63) is 54.0 Å². The fraction of sp³-hybridized carbons (Fsp3) is 0.385. The summed E-state index contributed by atoms with van der Waals surface area (Å²) in [5.74, 6) is -1.52. The maximum absolute atomic E-state index is 13.9. The van der Waals surface area contributed by atoms with E-state index in [1.54, 1.807) is 18.5 Å². The van der Waals surface area contributed by atoms with Crippen molar-refractivity contribution in [3.63, 3.8) is 0 Å². The molecular weight excluding hydrogens is 512 g/mol. The van der Waals surface area contributed by atoms with Crippen LogP contribution >= 0.6 is 0 Å². The van der Waals surface area contributed by atoms with Crippen LogP contribution in [-0.2, 0) is 4.79 Å². The fourth-order valence-electron chi connectivity index (χ4n) is 4.91. The molecule has 5 rings (SSSR count). The molecule has 38 heavy (non-hydrogen) atoms. The van der Waals surface area contributed by atoms with Crippen LogP contribution in [0.4, 0.5) is 32.2 Å². The van der Waals surface area contributed by atoms with Gasteiger partial charge in [-0.1, -0.05) is 18.2 Å². The molecular formula is C26H21F6N5O. The van der Waals surface area contributed by atoms with E-state index in [0.717, 1.165) is 29.2 Å². The van der Waals surface area contributed by atoms with Crippen molar-refractivity contribution in [3.8, 4) is 17.2 Å². The highest BCUT2D eigenvalue weighted by molar-refractivity contribution is 5.97. The molecule has 2 aromatic heterocycles. The molecule has 1 saturated carbocycles. The van der Waals surface area contributed by atoms with Gasteiger partial charge >= 0.3 is 12.4 Å². The van der Waals surface area contributed by atoms with Crippen LogP contribution in [0, 0.1) is 11.3 Å². The summed E-state index contributed by atoms with van der Waals surface area (Å²) in [7, 11) is 0. The smallest absolute Gasteiger partial charge is 0.351 e. The summed E-state index contributed by atoms with van der Waals surface area (Å²) in [4.78, 5) is 22.4. The van der Waals surface area contributed by atoms with Crippen LogP contribution in [0.25, 0.3) is 21.9 Å². The average Bonchev–Trinajstić information content (AvgIpc) is 3.71. The largest absolute Gasteiger partial charge is 0.410 e. The van der Waals surface area contributed by atoms with E-state index in [0.29, 0.717) is 11.3 Å². The first-order valence-corrected chi connectivity index (χ1v) is 11.9. The highest BCUT2D eigenvalue weighted by Gasteiger charge is 2.50. The molecule has 1 atom stereocenters. The molecule has 1 aliphatic carbocycles. The molecule has 198 valence electrons. The van der Waals surface area contributed by atoms with Gasteiger partial charge in [0.25, 0.3) is 0 Å². The van der Waals surface area contributed by atoms with Crippen LogP contribution in [0.1, 0.15) is 36.4 Å². The van der Waals surface area contributed by atoms with Crippen LogP contribution in [0.5, 0.6) is 0 Å². The van der Waals surface area contributed by atoms with Gasteiger partial charge in [-0.05, 0) is 35.9 Å². The van der Waals surface area contributed by atoms with Crippen LogP contribution in [0.3, 0.4) is 0 Å². The molecule has 1 unspecified atom stereocenters. The van der Waals surface area contributed by atoms with Crippen LogP contribution in [-0.4, -0.2) is 58.8 Å². The Morgan fingerprint density at radius 1 is 1.08 bits per heavy atom. The number of rotatable bonds is 4. The Labute approximate surface area is 213 Å². The number of benzene rings is 1. The second kappa shape index (κ2) is 9.45. The van der Waals surface area contributed by atoms with Crippen molar-refractivity contribution in [2.75, 3.05) is 24.5 Å². The second-order valence-corrected chi connectivity index (χ2v) is 9.46. The van der Waals surface area contributed by atoms with Crippen LogP contribution in [0.15, 0.2) is 42.7 Å². The van der Waals surface area contributed by atoms with E-state index in [-0.39, 0.29) is 28.7 Å². The third kappa shape index (κ3) is 5.10. The van der Waals surface area contributed by atoms with Gasteiger partial charge in [-0.2, -0.15) is 31.6 Å². The Morgan fingerprint density at radius 3 is 2.50 bits per heavy atom. The standard InChI is InChI=1S/C26H21F6N5O/c27-25(28,29)11-22(38)37-9-8-36(14-21(37)26(30,31)32)24-17(12-33)10-20(23(35-24)15-4-5-15)19-3-1-2-16-13-34-7-6-18(16)19/h1-3,6-7,10,13,15,21H,4-5,8-9,11,14H2. The first-order valence-electron chi connectivity index (χ1n) is 11.9. The Morgan fingerprint density at radius 2 is 1.84 bits per heavy atom. The molecule has 2 fully saturated rings. The van der Waals surface area contributed by atoms with Gasteiger partial charge in [-0.3, -0.25) is 9.78 Å². The molecule has 2 aliphatic rings. The lowest BCUT2D eigenvalue weighted by atomic mass is 9.95. The van der Waals surface area contributed by atoms with Crippen molar-refractivity contribution in [1.82, 2.24) is 14.9 Å². The number of carbonyl (C=O) groups is 1. The highest BCUT2D eigenvalue weighted by Crippen LogP contribution is 2.46. The minimum Gasteiger partial charge on any atom is -0.351 e. The topological polar surface area (TPSA) is 73.1 Å². The predicted molar refractivity (Wildman–Crippen MR) is 126 cm³/mol. The molecule has 0 spiro atoms. The zero-order chi connectivity index (χ0) is 27.2. The van der Waals surface area contributed by atoms with Gasteiger partial charge in [0.15, 0.2) is 0 Å². The monoisotopic (exact) mass is 533 g/mol. The van der Waals surface area contributed by atoms with E-state index in [4.69, 9.17) is 4.98 Å². The lowest BCUT2D eigenvalue weighted by molar-refractivity contribution is -0.198. The quantitative estimate of drug-likeness (QED) is 0.410. The molecule has 1 aliphatic heterocycles. The number of hydrogen-bond acceptors (Lipinski definition) is 5. The number of anilines is 1. The number of halogens is 6. The molecule has 6 nitrogen and oxygen atoms in total. The number of pyridine rings is 2. The zero-order valence-corrected chi connectivity index (χ0v) is 19.9. The van der Waals surface area contributed by atoms with Crippen molar-refractivity contribution in [2.45, 2.75) is 43.6 Å². The van der Waals surface area contributed by atoms with Gasteiger partial charge in [0, 0.05) is 48.9 Å². The minimum absolute atomic E-state index is 0.0391. The van der Waals surface area contributed by atoms with E-state index >= 15 is 0 Å². The number of nitrogens with zero attached hydrogens (tertiary/aromatic N) is 5. The maximum atomic E-state index is 13.9. The number of carbonyl (C=O) groups excluding carboxylic acids is 1.